The van der Waals surface area contributed by atoms with Crippen molar-refractivity contribution in [2.24, 2.45) is 0 Å². The number of carbonyl (C=O) groups excluding carboxylic acids is 1. The maximum atomic E-state index is 12.9. The first kappa shape index (κ1) is 18.5. The molecule has 3 rings (SSSR count). The predicted octanol–water partition coefficient (Wildman–Crippen LogP) is 4.32. The van der Waals surface area contributed by atoms with Crippen LogP contribution in [0.15, 0.2) is 18.2 Å². The van der Waals surface area contributed by atoms with Crippen LogP contribution in [0.1, 0.15) is 106 Å². The minimum Gasteiger partial charge on any atom is -0.353 e. The molecule has 0 aliphatic heterocycles. The number of amides is 1. The number of nitrogens with zero attached hydrogens (tertiary/aromatic N) is 1. The quantitative estimate of drug-likeness (QED) is 0.833. The molecule has 136 valence electrons. The standard InChI is InChI=1S/C21H33BN2O/c22-21(15-8-4-2-1-3-5-9-16-21)24-20(25)19-14-10-13-18(23-19)17-11-6-7-12-17/h10,13-14,17H,1-9,11-12,15-16,22H2,(H,24,25). The molecule has 0 aromatic carbocycles. The van der Waals surface area contributed by atoms with Crippen LogP contribution in [0, 0.1) is 0 Å². The summed E-state index contributed by atoms with van der Waals surface area (Å²) in [6, 6.07) is 5.97. The molecule has 0 saturated heterocycles. The van der Waals surface area contributed by atoms with E-state index >= 15 is 0 Å². The van der Waals surface area contributed by atoms with E-state index in [0.29, 0.717) is 11.6 Å². The summed E-state index contributed by atoms with van der Waals surface area (Å²) < 4.78 is 0. The summed E-state index contributed by atoms with van der Waals surface area (Å²) in [5.41, 5.74) is 1.63. The molecular formula is C21H33BN2O. The summed E-state index contributed by atoms with van der Waals surface area (Å²) in [7, 11) is 2.23. The molecular weight excluding hydrogens is 307 g/mol. The van der Waals surface area contributed by atoms with Crippen LogP contribution in [0.2, 0.25) is 0 Å². The predicted molar refractivity (Wildman–Crippen MR) is 106 cm³/mol. The second-order valence-electron chi connectivity index (χ2n) is 8.42. The molecule has 3 nitrogen and oxygen atoms in total. The number of rotatable bonds is 3. The van der Waals surface area contributed by atoms with Gasteiger partial charge in [0.25, 0.3) is 5.91 Å². The minimum atomic E-state index is -0.0839. The van der Waals surface area contributed by atoms with Crippen LogP contribution in [0.25, 0.3) is 0 Å². The maximum Gasteiger partial charge on any atom is 0.269 e. The van der Waals surface area contributed by atoms with Gasteiger partial charge in [-0.15, -0.1) is 0 Å². The topological polar surface area (TPSA) is 42.0 Å². The molecule has 1 amide bonds. The summed E-state index contributed by atoms with van der Waals surface area (Å²) >= 11 is 0. The van der Waals surface area contributed by atoms with Crippen LogP contribution in [0.4, 0.5) is 0 Å². The largest absolute Gasteiger partial charge is 0.353 e. The molecule has 2 aliphatic carbocycles. The molecule has 25 heavy (non-hydrogen) atoms. The Kier molecular flexibility index (Phi) is 6.55. The number of nitrogens with one attached hydrogen (secondary N) is 1. The number of hydrogen-bond acceptors (Lipinski definition) is 2. The van der Waals surface area contributed by atoms with Gasteiger partial charge in [0.2, 0.25) is 0 Å². The molecule has 0 spiro atoms. The highest BCUT2D eigenvalue weighted by atomic mass is 16.2. The fraction of sp³-hybridized carbons (Fsp3) is 0.714. The van der Waals surface area contributed by atoms with Gasteiger partial charge in [0.05, 0.1) is 0 Å². The van der Waals surface area contributed by atoms with E-state index in [4.69, 9.17) is 4.98 Å². The zero-order chi connectivity index (χ0) is 17.5. The summed E-state index contributed by atoms with van der Waals surface area (Å²) in [4.78, 5) is 17.6. The highest BCUT2D eigenvalue weighted by Gasteiger charge is 2.27. The average Bonchev–Trinajstić information content (AvgIpc) is 3.15. The molecule has 4 heteroatoms. The van der Waals surface area contributed by atoms with Crippen molar-refractivity contribution in [3.63, 3.8) is 0 Å². The average molecular weight is 340 g/mol. The second kappa shape index (κ2) is 8.87. The van der Waals surface area contributed by atoms with Crippen LogP contribution < -0.4 is 5.32 Å². The maximum absolute atomic E-state index is 12.9. The van der Waals surface area contributed by atoms with Crippen LogP contribution in [-0.4, -0.2) is 24.2 Å². The zero-order valence-corrected chi connectivity index (χ0v) is 15.9. The molecule has 1 aromatic heterocycles. The fourth-order valence-corrected chi connectivity index (χ4v) is 4.53. The van der Waals surface area contributed by atoms with E-state index in [1.807, 2.05) is 12.1 Å². The molecule has 1 N–H and O–H groups in total. The van der Waals surface area contributed by atoms with Gasteiger partial charge in [-0.1, -0.05) is 63.9 Å². The Labute approximate surface area is 153 Å². The van der Waals surface area contributed by atoms with Crippen molar-refractivity contribution in [3.05, 3.63) is 29.6 Å². The van der Waals surface area contributed by atoms with E-state index in [1.165, 1.54) is 70.6 Å². The van der Waals surface area contributed by atoms with Crippen molar-refractivity contribution in [2.45, 2.75) is 94.8 Å². The van der Waals surface area contributed by atoms with Gasteiger partial charge in [-0.25, -0.2) is 4.98 Å². The Morgan fingerprint density at radius 2 is 1.56 bits per heavy atom. The Morgan fingerprint density at radius 1 is 0.960 bits per heavy atom. The smallest absolute Gasteiger partial charge is 0.269 e. The second-order valence-corrected chi connectivity index (χ2v) is 8.42. The van der Waals surface area contributed by atoms with E-state index in [0.717, 1.165) is 18.5 Å². The van der Waals surface area contributed by atoms with E-state index in [2.05, 4.69) is 19.2 Å². The molecule has 2 saturated carbocycles. The zero-order valence-electron chi connectivity index (χ0n) is 15.9. The third kappa shape index (κ3) is 5.33. The molecule has 1 heterocycles. The van der Waals surface area contributed by atoms with Gasteiger partial charge in [0.15, 0.2) is 0 Å². The van der Waals surface area contributed by atoms with Gasteiger partial charge in [0, 0.05) is 17.1 Å². The lowest BCUT2D eigenvalue weighted by atomic mass is 9.69. The lowest BCUT2D eigenvalue weighted by Gasteiger charge is -2.32. The van der Waals surface area contributed by atoms with Gasteiger partial charge in [-0.2, -0.15) is 0 Å². The fourth-order valence-electron chi connectivity index (χ4n) is 4.53. The Bertz CT molecular complexity index is 559. The lowest BCUT2D eigenvalue weighted by molar-refractivity contribution is 0.0913. The van der Waals surface area contributed by atoms with E-state index in [-0.39, 0.29) is 11.3 Å². The molecule has 0 atom stereocenters. The Balaban J connectivity index is 1.65. The number of pyridine rings is 1. The Hall–Kier alpha value is -1.32. The molecule has 2 aliphatic rings. The summed E-state index contributed by atoms with van der Waals surface area (Å²) in [5, 5.41) is 3.34. The number of aromatic nitrogens is 1. The van der Waals surface area contributed by atoms with E-state index in [1.54, 1.807) is 0 Å². The summed E-state index contributed by atoms with van der Waals surface area (Å²) in [6.07, 6.45) is 16.3. The molecule has 1 aromatic rings. The third-order valence-electron chi connectivity index (χ3n) is 6.15. The molecule has 2 fully saturated rings. The minimum absolute atomic E-state index is 0.0133. The Morgan fingerprint density at radius 3 is 2.20 bits per heavy atom. The molecule has 0 bridgehead atoms. The van der Waals surface area contributed by atoms with Crippen molar-refractivity contribution in [1.82, 2.24) is 10.3 Å². The van der Waals surface area contributed by atoms with Crippen LogP contribution in [0.5, 0.6) is 0 Å². The van der Waals surface area contributed by atoms with Crippen LogP contribution in [0.3, 0.4) is 0 Å². The van der Waals surface area contributed by atoms with Gasteiger partial charge in [0.1, 0.15) is 13.5 Å². The van der Waals surface area contributed by atoms with Gasteiger partial charge in [-0.05, 0) is 37.8 Å². The first-order valence-corrected chi connectivity index (χ1v) is 10.5. The van der Waals surface area contributed by atoms with E-state index in [9.17, 15) is 4.79 Å². The van der Waals surface area contributed by atoms with Crippen molar-refractivity contribution in [2.75, 3.05) is 0 Å². The first-order chi connectivity index (χ1) is 12.2. The summed E-state index contributed by atoms with van der Waals surface area (Å²) in [6.45, 7) is 0. The number of carbonyl (C=O) groups is 1. The third-order valence-corrected chi connectivity index (χ3v) is 6.15. The van der Waals surface area contributed by atoms with Crippen LogP contribution >= 0.6 is 0 Å². The van der Waals surface area contributed by atoms with Crippen molar-refractivity contribution < 1.29 is 4.79 Å². The summed E-state index contributed by atoms with van der Waals surface area (Å²) in [5.74, 6) is 0.566. The number of hydrogen-bond donors (Lipinski definition) is 1. The molecule has 0 unspecified atom stereocenters. The highest BCUT2D eigenvalue weighted by Crippen LogP contribution is 2.33. The highest BCUT2D eigenvalue weighted by molar-refractivity contribution is 6.17. The monoisotopic (exact) mass is 340 g/mol. The van der Waals surface area contributed by atoms with E-state index < -0.39 is 0 Å². The van der Waals surface area contributed by atoms with Gasteiger partial charge in [-0.3, -0.25) is 4.79 Å². The van der Waals surface area contributed by atoms with Crippen molar-refractivity contribution >= 4 is 13.8 Å². The van der Waals surface area contributed by atoms with Crippen molar-refractivity contribution in [1.29, 1.82) is 0 Å². The van der Waals surface area contributed by atoms with Gasteiger partial charge >= 0.3 is 0 Å². The van der Waals surface area contributed by atoms with Gasteiger partial charge < -0.3 is 5.32 Å². The first-order valence-electron chi connectivity index (χ1n) is 10.5. The van der Waals surface area contributed by atoms with Crippen molar-refractivity contribution in [3.8, 4) is 0 Å². The molecule has 0 radical (unpaired) electrons. The normalized spacial score (nSPS) is 22.4. The van der Waals surface area contributed by atoms with Crippen LogP contribution in [-0.2, 0) is 0 Å². The SMILES string of the molecule is BC1(NC(=O)c2cccc(C3CCCC3)n2)CCCCCCCCC1. The lowest BCUT2D eigenvalue weighted by Crippen LogP contribution is -2.49.